The fraction of sp³-hybridized carbons (Fsp3) is 0.455. The molecule has 0 spiro atoms. The Kier molecular flexibility index (Phi) is 9.35. The molecule has 0 N–H and O–H groups in total. The second kappa shape index (κ2) is 9.12. The van der Waals surface area contributed by atoms with Crippen LogP contribution in [0.3, 0.4) is 0 Å². The molecule has 19 heavy (non-hydrogen) atoms. The average Bonchev–Trinajstić information content (AvgIpc) is 2.35. The minimum Gasteiger partial charge on any atom is -0.466 e. The number of halogens is 4. The standard InChI is InChI=1S/C6H6F4O2.C5H8O2/c1-2-4(11)12-3-6(9,10)5(7)8;1-4(2)5(6)7-3/h2,5H,1,3H2;1H2,2-3H3. The maximum atomic E-state index is 12.0. The van der Waals surface area contributed by atoms with Crippen molar-refractivity contribution in [1.29, 1.82) is 0 Å². The largest absolute Gasteiger partial charge is 0.466 e. The SMILES string of the molecule is C=C(C)C(=O)OC.C=CC(=O)OCC(F)(F)C(F)F. The van der Waals surface area contributed by atoms with E-state index in [0.717, 1.165) is 0 Å². The van der Waals surface area contributed by atoms with Crippen molar-refractivity contribution in [3.8, 4) is 0 Å². The van der Waals surface area contributed by atoms with Crippen LogP contribution in [0.25, 0.3) is 0 Å². The van der Waals surface area contributed by atoms with Gasteiger partial charge in [-0.2, -0.15) is 8.78 Å². The van der Waals surface area contributed by atoms with E-state index in [4.69, 9.17) is 0 Å². The highest BCUT2D eigenvalue weighted by atomic mass is 19.3. The van der Waals surface area contributed by atoms with Crippen LogP contribution >= 0.6 is 0 Å². The summed E-state index contributed by atoms with van der Waals surface area (Å²) in [4.78, 5) is 20.4. The Morgan fingerprint density at radius 2 is 1.84 bits per heavy atom. The highest BCUT2D eigenvalue weighted by Gasteiger charge is 2.42. The summed E-state index contributed by atoms with van der Waals surface area (Å²) in [6, 6.07) is 0. The number of ether oxygens (including phenoxy) is 2. The van der Waals surface area contributed by atoms with Gasteiger partial charge in [0, 0.05) is 11.6 Å². The highest BCUT2D eigenvalue weighted by molar-refractivity contribution is 5.86. The molecular formula is C11H14F4O4. The van der Waals surface area contributed by atoms with Crippen molar-refractivity contribution in [3.63, 3.8) is 0 Å². The zero-order valence-electron chi connectivity index (χ0n) is 10.4. The smallest absolute Gasteiger partial charge is 0.340 e. The molecule has 0 rings (SSSR count). The lowest BCUT2D eigenvalue weighted by Crippen LogP contribution is -2.33. The summed E-state index contributed by atoms with van der Waals surface area (Å²) < 4.78 is 54.8. The van der Waals surface area contributed by atoms with Gasteiger partial charge in [0.25, 0.3) is 0 Å². The maximum Gasteiger partial charge on any atom is 0.340 e. The van der Waals surface area contributed by atoms with Crippen LogP contribution in [0.2, 0.25) is 0 Å². The molecule has 110 valence electrons. The minimum atomic E-state index is -4.29. The maximum absolute atomic E-state index is 12.0. The van der Waals surface area contributed by atoms with Crippen molar-refractivity contribution in [3.05, 3.63) is 24.8 Å². The number of hydrogen-bond acceptors (Lipinski definition) is 4. The van der Waals surface area contributed by atoms with Gasteiger partial charge in [0.2, 0.25) is 0 Å². The molecule has 0 aromatic carbocycles. The molecule has 0 fully saturated rings. The van der Waals surface area contributed by atoms with E-state index in [1.54, 1.807) is 6.92 Å². The second-order valence-electron chi connectivity index (χ2n) is 3.15. The van der Waals surface area contributed by atoms with Crippen molar-refractivity contribution < 1.29 is 36.6 Å². The van der Waals surface area contributed by atoms with Crippen molar-refractivity contribution in [1.82, 2.24) is 0 Å². The van der Waals surface area contributed by atoms with Gasteiger partial charge in [-0.05, 0) is 6.92 Å². The number of carbonyl (C=O) groups is 2. The molecule has 4 nitrogen and oxygen atoms in total. The van der Waals surface area contributed by atoms with Gasteiger partial charge < -0.3 is 9.47 Å². The van der Waals surface area contributed by atoms with Gasteiger partial charge in [0.15, 0.2) is 6.61 Å². The number of esters is 2. The summed E-state index contributed by atoms with van der Waals surface area (Å²) in [6.45, 7) is 6.22. The van der Waals surface area contributed by atoms with Crippen LogP contribution in [0.4, 0.5) is 17.6 Å². The van der Waals surface area contributed by atoms with Gasteiger partial charge in [0.1, 0.15) is 0 Å². The molecule has 0 unspecified atom stereocenters. The van der Waals surface area contributed by atoms with Crippen LogP contribution in [0.1, 0.15) is 6.92 Å². The Balaban J connectivity index is 0. The molecule has 0 saturated heterocycles. The van der Waals surface area contributed by atoms with Crippen LogP contribution in [-0.4, -0.2) is 38.0 Å². The second-order valence-corrected chi connectivity index (χ2v) is 3.15. The first-order valence-electron chi connectivity index (χ1n) is 4.77. The zero-order chi connectivity index (χ0) is 15.6. The van der Waals surface area contributed by atoms with E-state index >= 15 is 0 Å². The summed E-state index contributed by atoms with van der Waals surface area (Å²) in [5.41, 5.74) is 0.433. The Hall–Kier alpha value is -1.86. The van der Waals surface area contributed by atoms with Crippen molar-refractivity contribution in [2.75, 3.05) is 13.7 Å². The lowest BCUT2D eigenvalue weighted by Gasteiger charge is -2.13. The monoisotopic (exact) mass is 286 g/mol. The molecule has 0 aliphatic carbocycles. The molecule has 0 bridgehead atoms. The molecular weight excluding hydrogens is 272 g/mol. The third kappa shape index (κ3) is 9.81. The number of alkyl halides is 4. The van der Waals surface area contributed by atoms with E-state index in [0.29, 0.717) is 11.6 Å². The van der Waals surface area contributed by atoms with Crippen molar-refractivity contribution in [2.24, 2.45) is 0 Å². The lowest BCUT2D eigenvalue weighted by molar-refractivity contribution is -0.176. The van der Waals surface area contributed by atoms with Crippen LogP contribution in [0, 0.1) is 0 Å². The van der Waals surface area contributed by atoms with E-state index in [1.807, 2.05) is 0 Å². The highest BCUT2D eigenvalue weighted by Crippen LogP contribution is 2.22. The first-order chi connectivity index (χ1) is 8.58. The summed E-state index contributed by atoms with van der Waals surface area (Å²) in [6.07, 6.45) is -3.23. The summed E-state index contributed by atoms with van der Waals surface area (Å²) >= 11 is 0. The Labute approximate surface area is 107 Å². The summed E-state index contributed by atoms with van der Waals surface area (Å²) in [5, 5.41) is 0. The molecule has 0 radical (unpaired) electrons. The topological polar surface area (TPSA) is 52.6 Å². The third-order valence-electron chi connectivity index (χ3n) is 1.43. The van der Waals surface area contributed by atoms with Crippen molar-refractivity contribution in [2.45, 2.75) is 19.3 Å². The van der Waals surface area contributed by atoms with Crippen LogP contribution in [0.5, 0.6) is 0 Å². The van der Waals surface area contributed by atoms with Crippen LogP contribution in [-0.2, 0) is 19.1 Å². The minimum absolute atomic E-state index is 0.347. The van der Waals surface area contributed by atoms with E-state index in [-0.39, 0.29) is 5.97 Å². The first-order valence-corrected chi connectivity index (χ1v) is 4.77. The summed E-state index contributed by atoms with van der Waals surface area (Å²) in [5.74, 6) is -5.80. The van der Waals surface area contributed by atoms with Crippen molar-refractivity contribution >= 4 is 11.9 Å². The lowest BCUT2D eigenvalue weighted by atomic mass is 10.4. The molecule has 0 heterocycles. The predicted molar refractivity (Wildman–Crippen MR) is 58.9 cm³/mol. The fourth-order valence-electron chi connectivity index (χ4n) is 0.464. The van der Waals surface area contributed by atoms with Gasteiger partial charge in [-0.25, -0.2) is 18.4 Å². The molecule has 0 aromatic heterocycles. The molecule has 0 aromatic rings. The fourth-order valence-corrected chi connectivity index (χ4v) is 0.464. The molecule has 0 amide bonds. The van der Waals surface area contributed by atoms with E-state index in [2.05, 4.69) is 22.6 Å². The Morgan fingerprint density at radius 1 is 1.37 bits per heavy atom. The zero-order valence-corrected chi connectivity index (χ0v) is 10.4. The number of carbonyl (C=O) groups excluding carboxylic acids is 2. The molecule has 0 atom stereocenters. The summed E-state index contributed by atoms with van der Waals surface area (Å²) in [7, 11) is 1.33. The van der Waals surface area contributed by atoms with Gasteiger partial charge in [-0.3, -0.25) is 0 Å². The quantitative estimate of drug-likeness (QED) is 0.442. The van der Waals surface area contributed by atoms with E-state index in [1.165, 1.54) is 7.11 Å². The normalized spacial score (nSPS) is 10.1. The van der Waals surface area contributed by atoms with E-state index in [9.17, 15) is 27.2 Å². The van der Waals surface area contributed by atoms with Gasteiger partial charge >= 0.3 is 24.3 Å². The number of hydrogen-bond donors (Lipinski definition) is 0. The van der Waals surface area contributed by atoms with Crippen LogP contribution in [0.15, 0.2) is 24.8 Å². The average molecular weight is 286 g/mol. The third-order valence-corrected chi connectivity index (χ3v) is 1.43. The number of rotatable bonds is 5. The van der Waals surface area contributed by atoms with Gasteiger partial charge in [-0.1, -0.05) is 13.2 Å². The first kappa shape index (κ1) is 19.5. The van der Waals surface area contributed by atoms with Crippen LogP contribution < -0.4 is 0 Å². The van der Waals surface area contributed by atoms with Gasteiger partial charge in [-0.15, -0.1) is 0 Å². The Bertz CT molecular complexity index is 340. The number of methoxy groups -OCH3 is 1. The molecule has 0 aliphatic heterocycles. The molecule has 0 aliphatic rings. The Morgan fingerprint density at radius 3 is 2.05 bits per heavy atom. The van der Waals surface area contributed by atoms with Gasteiger partial charge in [0.05, 0.1) is 7.11 Å². The predicted octanol–water partition coefficient (Wildman–Crippen LogP) is 2.35. The molecule has 0 saturated carbocycles. The van der Waals surface area contributed by atoms with E-state index < -0.39 is 24.9 Å². The molecule has 8 heteroatoms.